The number of nitrogens with zero attached hydrogens (tertiary/aromatic N) is 2. The van der Waals surface area contributed by atoms with Gasteiger partial charge in [0.25, 0.3) is 11.6 Å². The quantitative estimate of drug-likeness (QED) is 0.662. The molecular weight excluding hydrogens is 274 g/mol. The van der Waals surface area contributed by atoms with Crippen molar-refractivity contribution in [3.63, 3.8) is 0 Å². The van der Waals surface area contributed by atoms with Gasteiger partial charge in [-0.15, -0.1) is 0 Å². The van der Waals surface area contributed by atoms with Crippen molar-refractivity contribution in [3.05, 3.63) is 33.4 Å². The van der Waals surface area contributed by atoms with Crippen LogP contribution in [-0.2, 0) is 4.79 Å². The Balaban J connectivity index is 2.01. The Morgan fingerprint density at radius 2 is 2.00 bits per heavy atom. The summed E-state index contributed by atoms with van der Waals surface area (Å²) in [5.41, 5.74) is 1.24. The van der Waals surface area contributed by atoms with Crippen LogP contribution in [0.4, 0.5) is 5.69 Å². The highest BCUT2D eigenvalue weighted by molar-refractivity contribution is 5.78. The van der Waals surface area contributed by atoms with Crippen molar-refractivity contribution < 1.29 is 14.5 Å². The molecule has 1 aromatic rings. The average Bonchev–Trinajstić information content (AvgIpc) is 2.48. The summed E-state index contributed by atoms with van der Waals surface area (Å²) in [7, 11) is 0. The molecule has 1 heterocycles. The monoisotopic (exact) mass is 293 g/mol. The fourth-order valence-electron chi connectivity index (χ4n) is 2.27. The highest BCUT2D eigenvalue weighted by atomic mass is 16.6. The third-order valence-corrected chi connectivity index (χ3v) is 3.51. The molecule has 0 aromatic heterocycles. The van der Waals surface area contributed by atoms with Crippen molar-refractivity contribution in [2.24, 2.45) is 0 Å². The van der Waals surface area contributed by atoms with Gasteiger partial charge in [-0.05, 0) is 25.5 Å². The van der Waals surface area contributed by atoms with Gasteiger partial charge >= 0.3 is 0 Å². The standard InChI is InChI=1S/C14H19N3O4/c1-10-8-13(11(2)7-12(10)17(19)20)21-9-14(18)16-5-3-15-4-6-16/h7-8,15H,3-6,9H2,1-2H3. The van der Waals surface area contributed by atoms with Crippen molar-refractivity contribution in [2.75, 3.05) is 32.8 Å². The summed E-state index contributed by atoms with van der Waals surface area (Å²) in [4.78, 5) is 24.2. The highest BCUT2D eigenvalue weighted by Crippen LogP contribution is 2.27. The number of ether oxygens (including phenoxy) is 1. The second-order valence-electron chi connectivity index (χ2n) is 5.08. The fourth-order valence-corrected chi connectivity index (χ4v) is 2.27. The van der Waals surface area contributed by atoms with E-state index in [0.717, 1.165) is 13.1 Å². The van der Waals surface area contributed by atoms with Gasteiger partial charge in [0.15, 0.2) is 6.61 Å². The van der Waals surface area contributed by atoms with Gasteiger partial charge in [0, 0.05) is 37.8 Å². The van der Waals surface area contributed by atoms with Gasteiger partial charge in [-0.2, -0.15) is 0 Å². The molecule has 0 saturated carbocycles. The molecule has 0 bridgehead atoms. The summed E-state index contributed by atoms with van der Waals surface area (Å²) in [6, 6.07) is 3.08. The lowest BCUT2D eigenvalue weighted by Crippen LogP contribution is -2.47. The van der Waals surface area contributed by atoms with E-state index in [1.807, 2.05) is 0 Å². The summed E-state index contributed by atoms with van der Waals surface area (Å²) in [5, 5.41) is 14.0. The van der Waals surface area contributed by atoms with Gasteiger partial charge in [-0.25, -0.2) is 0 Å². The van der Waals surface area contributed by atoms with Crippen LogP contribution >= 0.6 is 0 Å². The number of nitro groups is 1. The SMILES string of the molecule is Cc1cc([N+](=O)[O-])c(C)cc1OCC(=O)N1CCNCC1. The molecule has 1 aliphatic heterocycles. The molecule has 7 heteroatoms. The second-order valence-corrected chi connectivity index (χ2v) is 5.08. The number of hydrogen-bond donors (Lipinski definition) is 1. The lowest BCUT2D eigenvalue weighted by atomic mass is 10.1. The normalized spacial score (nSPS) is 14.9. The Labute approximate surface area is 123 Å². The smallest absolute Gasteiger partial charge is 0.272 e. The van der Waals surface area contributed by atoms with Gasteiger partial charge in [-0.3, -0.25) is 14.9 Å². The average molecular weight is 293 g/mol. The first kappa shape index (κ1) is 15.2. The van der Waals surface area contributed by atoms with E-state index in [9.17, 15) is 14.9 Å². The van der Waals surface area contributed by atoms with E-state index in [0.29, 0.717) is 30.0 Å². The molecular formula is C14H19N3O4. The molecule has 1 fully saturated rings. The molecule has 2 rings (SSSR count). The number of amides is 1. The molecule has 0 atom stereocenters. The zero-order valence-electron chi connectivity index (χ0n) is 12.2. The second kappa shape index (κ2) is 6.53. The van der Waals surface area contributed by atoms with Crippen LogP contribution in [0.5, 0.6) is 5.75 Å². The minimum absolute atomic E-state index is 0.0436. The fraction of sp³-hybridized carbons (Fsp3) is 0.500. The summed E-state index contributed by atoms with van der Waals surface area (Å²) in [5.74, 6) is 0.452. The molecule has 1 N–H and O–H groups in total. The number of hydrogen-bond acceptors (Lipinski definition) is 5. The van der Waals surface area contributed by atoms with Crippen LogP contribution in [0.3, 0.4) is 0 Å². The molecule has 0 aliphatic carbocycles. The van der Waals surface area contributed by atoms with Crippen LogP contribution < -0.4 is 10.1 Å². The Morgan fingerprint density at radius 1 is 1.33 bits per heavy atom. The number of aryl methyl sites for hydroxylation is 2. The van der Waals surface area contributed by atoms with Gasteiger partial charge in [0.1, 0.15) is 5.75 Å². The first-order valence-electron chi connectivity index (χ1n) is 6.86. The Kier molecular flexibility index (Phi) is 4.74. The van der Waals surface area contributed by atoms with E-state index in [4.69, 9.17) is 4.74 Å². The molecule has 0 unspecified atom stereocenters. The van der Waals surface area contributed by atoms with E-state index in [-0.39, 0.29) is 18.2 Å². The number of nitrogens with one attached hydrogen (secondary N) is 1. The minimum Gasteiger partial charge on any atom is -0.483 e. The first-order valence-corrected chi connectivity index (χ1v) is 6.86. The van der Waals surface area contributed by atoms with E-state index >= 15 is 0 Å². The topological polar surface area (TPSA) is 84.7 Å². The number of carbonyl (C=O) groups is 1. The molecule has 1 aliphatic rings. The molecule has 0 spiro atoms. The maximum absolute atomic E-state index is 12.0. The van der Waals surface area contributed by atoms with Gasteiger partial charge in [-0.1, -0.05) is 0 Å². The first-order chi connectivity index (χ1) is 9.99. The number of benzene rings is 1. The molecule has 21 heavy (non-hydrogen) atoms. The largest absolute Gasteiger partial charge is 0.483 e. The van der Waals surface area contributed by atoms with Crippen LogP contribution in [0.25, 0.3) is 0 Å². The van der Waals surface area contributed by atoms with E-state index in [1.165, 1.54) is 6.07 Å². The zero-order chi connectivity index (χ0) is 15.4. The summed E-state index contributed by atoms with van der Waals surface area (Å²) in [6.07, 6.45) is 0. The van der Waals surface area contributed by atoms with Crippen LogP contribution in [0, 0.1) is 24.0 Å². The van der Waals surface area contributed by atoms with Gasteiger partial charge in [0.05, 0.1) is 4.92 Å². The number of nitro benzene ring substituents is 1. The van der Waals surface area contributed by atoms with Crippen molar-refractivity contribution in [2.45, 2.75) is 13.8 Å². The third-order valence-electron chi connectivity index (χ3n) is 3.51. The van der Waals surface area contributed by atoms with E-state index < -0.39 is 4.92 Å². The van der Waals surface area contributed by atoms with Gasteiger partial charge < -0.3 is 15.0 Å². The Bertz CT molecular complexity index is 553. The Hall–Kier alpha value is -2.15. The number of piperazine rings is 1. The lowest BCUT2D eigenvalue weighted by molar-refractivity contribution is -0.385. The van der Waals surface area contributed by atoms with Crippen molar-refractivity contribution in [1.82, 2.24) is 10.2 Å². The lowest BCUT2D eigenvalue weighted by Gasteiger charge is -2.27. The highest BCUT2D eigenvalue weighted by Gasteiger charge is 2.18. The molecule has 1 saturated heterocycles. The van der Waals surface area contributed by atoms with E-state index in [1.54, 1.807) is 24.8 Å². The number of rotatable bonds is 4. The zero-order valence-corrected chi connectivity index (χ0v) is 12.2. The third kappa shape index (κ3) is 3.69. The van der Waals surface area contributed by atoms with Crippen molar-refractivity contribution >= 4 is 11.6 Å². The Morgan fingerprint density at radius 3 is 2.62 bits per heavy atom. The van der Waals surface area contributed by atoms with Gasteiger partial charge in [0.2, 0.25) is 0 Å². The predicted molar refractivity (Wildman–Crippen MR) is 77.5 cm³/mol. The van der Waals surface area contributed by atoms with E-state index in [2.05, 4.69) is 5.32 Å². The van der Waals surface area contributed by atoms with Crippen molar-refractivity contribution in [3.8, 4) is 5.75 Å². The number of carbonyl (C=O) groups excluding carboxylic acids is 1. The van der Waals surface area contributed by atoms with Crippen LogP contribution in [-0.4, -0.2) is 48.5 Å². The van der Waals surface area contributed by atoms with Crippen LogP contribution in [0.15, 0.2) is 12.1 Å². The summed E-state index contributed by atoms with van der Waals surface area (Å²) >= 11 is 0. The van der Waals surface area contributed by atoms with Crippen LogP contribution in [0.2, 0.25) is 0 Å². The van der Waals surface area contributed by atoms with Crippen molar-refractivity contribution in [1.29, 1.82) is 0 Å². The summed E-state index contributed by atoms with van der Waals surface area (Å²) < 4.78 is 5.53. The molecule has 0 radical (unpaired) electrons. The molecule has 1 amide bonds. The summed E-state index contributed by atoms with van der Waals surface area (Å²) in [6.45, 7) is 6.29. The maximum Gasteiger partial charge on any atom is 0.272 e. The molecule has 1 aromatic carbocycles. The maximum atomic E-state index is 12.0. The molecule has 114 valence electrons. The minimum atomic E-state index is -0.419. The molecule has 7 nitrogen and oxygen atoms in total. The predicted octanol–water partition coefficient (Wildman–Crippen LogP) is 1.02. The van der Waals surface area contributed by atoms with Crippen LogP contribution in [0.1, 0.15) is 11.1 Å².